The van der Waals surface area contributed by atoms with Gasteiger partial charge < -0.3 is 0 Å². The van der Waals surface area contributed by atoms with Gasteiger partial charge in [0.15, 0.2) is 5.78 Å². The lowest BCUT2D eigenvalue weighted by Crippen LogP contribution is -2.26. The van der Waals surface area contributed by atoms with Crippen LogP contribution in [0.2, 0.25) is 0 Å². The molecule has 1 aromatic heterocycles. The molecule has 0 unspecified atom stereocenters. The number of hydrogen-bond acceptors (Lipinski definition) is 3. The van der Waals surface area contributed by atoms with Crippen LogP contribution in [0.5, 0.6) is 0 Å². The summed E-state index contributed by atoms with van der Waals surface area (Å²) >= 11 is 1.60. The van der Waals surface area contributed by atoms with Crippen molar-refractivity contribution in [2.45, 2.75) is 39.5 Å². The molecule has 0 saturated heterocycles. The van der Waals surface area contributed by atoms with Gasteiger partial charge in [0.05, 0.1) is 15.6 Å². The molecule has 3 heteroatoms. The van der Waals surface area contributed by atoms with Gasteiger partial charge in [-0.1, -0.05) is 44.2 Å². The van der Waals surface area contributed by atoms with Gasteiger partial charge in [-0.15, -0.1) is 11.3 Å². The first-order chi connectivity index (χ1) is 9.53. The average molecular weight is 285 g/mol. The highest BCUT2D eigenvalue weighted by Crippen LogP contribution is 2.37. The van der Waals surface area contributed by atoms with Crippen LogP contribution in [0.1, 0.15) is 46.2 Å². The maximum absolute atomic E-state index is 12.2. The minimum atomic E-state index is 0.0643. The van der Waals surface area contributed by atoms with E-state index in [9.17, 15) is 4.79 Å². The van der Waals surface area contributed by atoms with E-state index in [0.717, 1.165) is 34.8 Å². The Morgan fingerprint density at radius 2 is 1.90 bits per heavy atom. The van der Waals surface area contributed by atoms with Crippen molar-refractivity contribution in [1.29, 1.82) is 0 Å². The average Bonchev–Trinajstić information content (AvgIpc) is 2.79. The Kier molecular flexibility index (Phi) is 3.47. The van der Waals surface area contributed by atoms with E-state index in [1.807, 2.05) is 6.07 Å². The maximum atomic E-state index is 12.2. The molecule has 0 aliphatic heterocycles. The maximum Gasteiger partial charge on any atom is 0.175 e. The van der Waals surface area contributed by atoms with Crippen molar-refractivity contribution in [3.63, 3.8) is 0 Å². The van der Waals surface area contributed by atoms with E-state index in [1.165, 1.54) is 5.56 Å². The number of aromatic nitrogens is 1. The van der Waals surface area contributed by atoms with E-state index in [-0.39, 0.29) is 11.2 Å². The summed E-state index contributed by atoms with van der Waals surface area (Å²) in [5.74, 6) is 0.278. The van der Waals surface area contributed by atoms with Crippen LogP contribution in [0.25, 0.3) is 0 Å². The van der Waals surface area contributed by atoms with Gasteiger partial charge in [0.1, 0.15) is 0 Å². The van der Waals surface area contributed by atoms with Crippen molar-refractivity contribution in [2.75, 3.05) is 0 Å². The van der Waals surface area contributed by atoms with Gasteiger partial charge >= 0.3 is 0 Å². The Labute approximate surface area is 123 Å². The second-order valence-electron chi connectivity index (χ2n) is 6.31. The van der Waals surface area contributed by atoms with E-state index < -0.39 is 0 Å². The number of carbonyl (C=O) groups is 1. The molecule has 0 fully saturated rings. The Balaban J connectivity index is 1.75. The first kappa shape index (κ1) is 13.5. The molecule has 0 N–H and O–H groups in total. The number of ketones is 1. The third kappa shape index (κ3) is 2.83. The Hall–Kier alpha value is -1.48. The van der Waals surface area contributed by atoms with Crippen LogP contribution in [-0.2, 0) is 19.3 Å². The van der Waals surface area contributed by atoms with Crippen molar-refractivity contribution in [3.05, 3.63) is 51.5 Å². The topological polar surface area (TPSA) is 30.0 Å². The molecule has 1 aliphatic rings. The minimum absolute atomic E-state index is 0.0643. The van der Waals surface area contributed by atoms with Crippen LogP contribution in [0.15, 0.2) is 30.3 Å². The van der Waals surface area contributed by atoms with Crippen molar-refractivity contribution < 1.29 is 4.79 Å². The van der Waals surface area contributed by atoms with E-state index in [1.54, 1.807) is 11.3 Å². The summed E-state index contributed by atoms with van der Waals surface area (Å²) in [5, 5.41) is 1.10. The summed E-state index contributed by atoms with van der Waals surface area (Å²) in [4.78, 5) is 17.8. The Morgan fingerprint density at radius 1 is 1.15 bits per heavy atom. The number of nitrogens with zero attached hydrogens (tertiary/aromatic N) is 1. The molecule has 0 saturated carbocycles. The van der Waals surface area contributed by atoms with Gasteiger partial charge in [-0.25, -0.2) is 4.98 Å². The van der Waals surface area contributed by atoms with E-state index in [4.69, 9.17) is 4.98 Å². The molecular formula is C17H19NOS. The van der Waals surface area contributed by atoms with Crippen LogP contribution >= 0.6 is 11.3 Å². The summed E-state index contributed by atoms with van der Waals surface area (Å²) in [5.41, 5.74) is 2.42. The fourth-order valence-corrected chi connectivity index (χ4v) is 3.79. The quantitative estimate of drug-likeness (QED) is 0.850. The second-order valence-corrected chi connectivity index (χ2v) is 7.39. The lowest BCUT2D eigenvalue weighted by Gasteiger charge is -2.26. The molecule has 2 nitrogen and oxygen atoms in total. The highest BCUT2D eigenvalue weighted by Gasteiger charge is 2.33. The lowest BCUT2D eigenvalue weighted by molar-refractivity contribution is 0.0916. The number of hydrogen-bond donors (Lipinski definition) is 0. The van der Waals surface area contributed by atoms with Gasteiger partial charge in [-0.3, -0.25) is 4.79 Å². The molecule has 0 radical (unpaired) electrons. The first-order valence-electron chi connectivity index (χ1n) is 7.09. The lowest BCUT2D eigenvalue weighted by atomic mass is 9.78. The van der Waals surface area contributed by atoms with E-state index >= 15 is 0 Å². The molecule has 1 aliphatic carbocycles. The number of carbonyl (C=O) groups excluding carboxylic acids is 1. The Bertz CT molecular complexity index is 628. The monoisotopic (exact) mass is 285 g/mol. The van der Waals surface area contributed by atoms with Crippen molar-refractivity contribution in [3.8, 4) is 0 Å². The SMILES string of the molecule is CC1(C)CC(=O)c2sc(CCc3ccccc3)nc2C1. The normalized spacial score (nSPS) is 17.0. The number of rotatable bonds is 3. The zero-order chi connectivity index (χ0) is 14.2. The summed E-state index contributed by atoms with van der Waals surface area (Å²) in [6, 6.07) is 10.4. The standard InChI is InChI=1S/C17H19NOS/c1-17(2)10-13-16(14(19)11-17)20-15(18-13)9-8-12-6-4-3-5-7-12/h3-7H,8-11H2,1-2H3. The van der Waals surface area contributed by atoms with Crippen molar-refractivity contribution >= 4 is 17.1 Å². The van der Waals surface area contributed by atoms with Crippen LogP contribution in [0.3, 0.4) is 0 Å². The zero-order valence-electron chi connectivity index (χ0n) is 12.0. The molecule has 3 rings (SSSR count). The number of Topliss-reactive ketones (excluding diaryl/α,β-unsaturated/α-hetero) is 1. The minimum Gasteiger partial charge on any atom is -0.293 e. The summed E-state index contributed by atoms with van der Waals surface area (Å²) in [6.07, 6.45) is 3.50. The van der Waals surface area contributed by atoms with E-state index in [0.29, 0.717) is 6.42 Å². The van der Waals surface area contributed by atoms with Gasteiger partial charge in [0.2, 0.25) is 0 Å². The smallest absolute Gasteiger partial charge is 0.175 e. The van der Waals surface area contributed by atoms with Crippen LogP contribution < -0.4 is 0 Å². The summed E-state index contributed by atoms with van der Waals surface area (Å²) in [6.45, 7) is 4.30. The van der Waals surface area contributed by atoms with Crippen LogP contribution in [0.4, 0.5) is 0 Å². The van der Waals surface area contributed by atoms with Crippen LogP contribution in [0, 0.1) is 5.41 Å². The molecule has 0 spiro atoms. The van der Waals surface area contributed by atoms with E-state index in [2.05, 4.69) is 38.1 Å². The predicted octanol–water partition coefficient (Wildman–Crippen LogP) is 4.08. The second kappa shape index (κ2) is 5.13. The third-order valence-corrected chi connectivity index (χ3v) is 4.95. The predicted molar refractivity (Wildman–Crippen MR) is 82.4 cm³/mol. The third-order valence-electron chi connectivity index (χ3n) is 3.75. The summed E-state index contributed by atoms with van der Waals surface area (Å²) < 4.78 is 0. The molecule has 20 heavy (non-hydrogen) atoms. The van der Waals surface area contributed by atoms with Gasteiger partial charge in [0.25, 0.3) is 0 Å². The number of aryl methyl sites for hydroxylation is 2. The fourth-order valence-electron chi connectivity index (χ4n) is 2.77. The number of fused-ring (bicyclic) bond motifs is 1. The molecule has 104 valence electrons. The highest BCUT2D eigenvalue weighted by atomic mass is 32.1. The highest BCUT2D eigenvalue weighted by molar-refractivity contribution is 7.13. The fraction of sp³-hybridized carbons (Fsp3) is 0.412. The molecular weight excluding hydrogens is 266 g/mol. The number of thiazole rings is 1. The molecule has 0 bridgehead atoms. The molecule has 0 atom stereocenters. The Morgan fingerprint density at radius 3 is 2.65 bits per heavy atom. The molecule has 1 aromatic carbocycles. The van der Waals surface area contributed by atoms with Crippen LogP contribution in [-0.4, -0.2) is 10.8 Å². The molecule has 1 heterocycles. The largest absolute Gasteiger partial charge is 0.293 e. The van der Waals surface area contributed by atoms with Crippen molar-refractivity contribution in [1.82, 2.24) is 4.98 Å². The number of benzene rings is 1. The molecule has 0 amide bonds. The van der Waals surface area contributed by atoms with Gasteiger partial charge in [-0.2, -0.15) is 0 Å². The van der Waals surface area contributed by atoms with Gasteiger partial charge in [-0.05, 0) is 23.8 Å². The van der Waals surface area contributed by atoms with Gasteiger partial charge in [0, 0.05) is 12.8 Å². The van der Waals surface area contributed by atoms with Crippen molar-refractivity contribution in [2.24, 2.45) is 5.41 Å². The zero-order valence-corrected chi connectivity index (χ0v) is 12.8. The first-order valence-corrected chi connectivity index (χ1v) is 7.91. The summed E-state index contributed by atoms with van der Waals surface area (Å²) in [7, 11) is 0. The molecule has 2 aromatic rings.